The molecule has 1 aliphatic rings. The highest BCUT2D eigenvalue weighted by atomic mass is 14.8. The van der Waals surface area contributed by atoms with E-state index in [1.54, 1.807) is 0 Å². The molecule has 1 aliphatic carbocycles. The summed E-state index contributed by atoms with van der Waals surface area (Å²) in [7, 11) is 0. The van der Waals surface area contributed by atoms with Crippen molar-refractivity contribution in [1.82, 2.24) is 0 Å². The zero-order valence-electron chi connectivity index (χ0n) is 6.93. The van der Waals surface area contributed by atoms with Crippen molar-refractivity contribution in [1.29, 1.82) is 0 Å². The fourth-order valence-corrected chi connectivity index (χ4v) is 1.62. The molecule has 0 aliphatic heterocycles. The second-order valence-electron chi connectivity index (χ2n) is 3.98. The summed E-state index contributed by atoms with van der Waals surface area (Å²) in [6.07, 6.45) is 2.25. The summed E-state index contributed by atoms with van der Waals surface area (Å²) in [5.41, 5.74) is 11.4. The second kappa shape index (κ2) is 2.51. The molecule has 2 nitrogen and oxygen atoms in total. The highest BCUT2D eigenvalue weighted by Gasteiger charge is 2.40. The van der Waals surface area contributed by atoms with Crippen molar-refractivity contribution >= 4 is 0 Å². The van der Waals surface area contributed by atoms with E-state index in [0.29, 0.717) is 6.54 Å². The minimum absolute atomic E-state index is 0.00502. The topological polar surface area (TPSA) is 52.0 Å². The van der Waals surface area contributed by atoms with E-state index in [1.807, 2.05) is 0 Å². The smallest absolute Gasteiger partial charge is 0.0284 e. The molecule has 1 rings (SSSR count). The standard InChI is InChI=1S/C8H18N2/c1-6(2)7-3-8(10,4-7)5-9/h6-7H,3-5,9-10H2,1-2H3. The lowest BCUT2D eigenvalue weighted by atomic mass is 9.65. The Morgan fingerprint density at radius 1 is 1.50 bits per heavy atom. The van der Waals surface area contributed by atoms with Crippen LogP contribution in [0.2, 0.25) is 0 Å². The van der Waals surface area contributed by atoms with Gasteiger partial charge in [-0.05, 0) is 24.7 Å². The predicted molar refractivity (Wildman–Crippen MR) is 43.5 cm³/mol. The van der Waals surface area contributed by atoms with Gasteiger partial charge in [-0.15, -0.1) is 0 Å². The van der Waals surface area contributed by atoms with E-state index >= 15 is 0 Å². The van der Waals surface area contributed by atoms with Crippen molar-refractivity contribution in [2.24, 2.45) is 23.3 Å². The fourth-order valence-electron chi connectivity index (χ4n) is 1.62. The average Bonchev–Trinajstić information content (AvgIpc) is 1.80. The maximum absolute atomic E-state index is 5.91. The van der Waals surface area contributed by atoms with Crippen LogP contribution in [0.15, 0.2) is 0 Å². The zero-order chi connectivity index (χ0) is 7.78. The largest absolute Gasteiger partial charge is 0.329 e. The van der Waals surface area contributed by atoms with Crippen LogP contribution in [0.3, 0.4) is 0 Å². The van der Waals surface area contributed by atoms with Crippen molar-refractivity contribution in [2.45, 2.75) is 32.2 Å². The normalized spacial score (nSPS) is 39.9. The molecule has 0 spiro atoms. The summed E-state index contributed by atoms with van der Waals surface area (Å²) < 4.78 is 0. The third-order valence-corrected chi connectivity index (χ3v) is 2.69. The molecule has 0 aromatic carbocycles. The quantitative estimate of drug-likeness (QED) is 0.596. The lowest BCUT2D eigenvalue weighted by Crippen LogP contribution is -2.57. The van der Waals surface area contributed by atoms with Gasteiger partial charge in [0, 0.05) is 12.1 Å². The molecule has 1 saturated carbocycles. The number of hydrogen-bond donors (Lipinski definition) is 2. The second-order valence-corrected chi connectivity index (χ2v) is 3.98. The first-order chi connectivity index (χ1) is 4.57. The molecule has 60 valence electrons. The summed E-state index contributed by atoms with van der Waals surface area (Å²) >= 11 is 0. The molecule has 0 bridgehead atoms. The van der Waals surface area contributed by atoms with Crippen molar-refractivity contribution in [3.63, 3.8) is 0 Å². The van der Waals surface area contributed by atoms with Gasteiger partial charge in [0.05, 0.1) is 0 Å². The minimum atomic E-state index is -0.00502. The van der Waals surface area contributed by atoms with E-state index in [9.17, 15) is 0 Å². The summed E-state index contributed by atoms with van der Waals surface area (Å²) in [5, 5.41) is 0. The molecule has 2 heteroatoms. The molecule has 0 aromatic rings. The minimum Gasteiger partial charge on any atom is -0.329 e. The van der Waals surface area contributed by atoms with Crippen LogP contribution in [0.4, 0.5) is 0 Å². The Hall–Kier alpha value is -0.0800. The van der Waals surface area contributed by atoms with Gasteiger partial charge in [-0.3, -0.25) is 0 Å². The SMILES string of the molecule is CC(C)C1CC(N)(CN)C1. The van der Waals surface area contributed by atoms with Gasteiger partial charge >= 0.3 is 0 Å². The zero-order valence-corrected chi connectivity index (χ0v) is 6.93. The maximum atomic E-state index is 5.91. The molecule has 4 N–H and O–H groups in total. The molecule has 0 saturated heterocycles. The van der Waals surface area contributed by atoms with Crippen LogP contribution >= 0.6 is 0 Å². The van der Waals surface area contributed by atoms with Crippen LogP contribution in [-0.2, 0) is 0 Å². The molecule has 0 atom stereocenters. The molecule has 1 fully saturated rings. The van der Waals surface area contributed by atoms with Gasteiger partial charge in [-0.2, -0.15) is 0 Å². The van der Waals surface area contributed by atoms with Gasteiger partial charge in [0.1, 0.15) is 0 Å². The van der Waals surface area contributed by atoms with E-state index in [4.69, 9.17) is 11.5 Å². The van der Waals surface area contributed by atoms with Gasteiger partial charge in [-0.1, -0.05) is 13.8 Å². The monoisotopic (exact) mass is 142 g/mol. The van der Waals surface area contributed by atoms with E-state index in [0.717, 1.165) is 24.7 Å². The Morgan fingerprint density at radius 3 is 2.30 bits per heavy atom. The van der Waals surface area contributed by atoms with Crippen molar-refractivity contribution in [3.05, 3.63) is 0 Å². The molecule has 10 heavy (non-hydrogen) atoms. The number of nitrogens with two attached hydrogens (primary N) is 2. The van der Waals surface area contributed by atoms with Crippen LogP contribution < -0.4 is 11.5 Å². The third-order valence-electron chi connectivity index (χ3n) is 2.69. The first kappa shape index (κ1) is 8.02. The van der Waals surface area contributed by atoms with Gasteiger partial charge in [0.25, 0.3) is 0 Å². The van der Waals surface area contributed by atoms with E-state index < -0.39 is 0 Å². The first-order valence-electron chi connectivity index (χ1n) is 4.06. The predicted octanol–water partition coefficient (Wildman–Crippen LogP) is 0.709. The summed E-state index contributed by atoms with van der Waals surface area (Å²) in [4.78, 5) is 0. The maximum Gasteiger partial charge on any atom is 0.0284 e. The first-order valence-corrected chi connectivity index (χ1v) is 4.06. The molecule has 0 amide bonds. The molecule has 0 aromatic heterocycles. The fraction of sp³-hybridized carbons (Fsp3) is 1.00. The highest BCUT2D eigenvalue weighted by molar-refractivity contribution is 4.99. The summed E-state index contributed by atoms with van der Waals surface area (Å²) in [6, 6.07) is 0. The van der Waals surface area contributed by atoms with E-state index in [-0.39, 0.29) is 5.54 Å². The van der Waals surface area contributed by atoms with Crippen LogP contribution in [0, 0.1) is 11.8 Å². The Balaban J connectivity index is 2.29. The molecule has 0 unspecified atom stereocenters. The average molecular weight is 142 g/mol. The number of hydrogen-bond acceptors (Lipinski definition) is 2. The molecule has 0 radical (unpaired) electrons. The van der Waals surface area contributed by atoms with Gasteiger partial charge in [-0.25, -0.2) is 0 Å². The lowest BCUT2D eigenvalue weighted by molar-refractivity contribution is 0.112. The third kappa shape index (κ3) is 1.32. The van der Waals surface area contributed by atoms with Crippen molar-refractivity contribution in [2.75, 3.05) is 6.54 Å². The van der Waals surface area contributed by atoms with Gasteiger partial charge in [0.2, 0.25) is 0 Å². The van der Waals surface area contributed by atoms with Gasteiger partial charge < -0.3 is 11.5 Å². The molecular weight excluding hydrogens is 124 g/mol. The van der Waals surface area contributed by atoms with Gasteiger partial charge in [0.15, 0.2) is 0 Å². The van der Waals surface area contributed by atoms with Crippen LogP contribution in [0.5, 0.6) is 0 Å². The molecular formula is C8H18N2. The van der Waals surface area contributed by atoms with Crippen LogP contribution in [0.25, 0.3) is 0 Å². The summed E-state index contributed by atoms with van der Waals surface area (Å²) in [5.74, 6) is 1.61. The Bertz CT molecular complexity index is 114. The van der Waals surface area contributed by atoms with Crippen LogP contribution in [-0.4, -0.2) is 12.1 Å². The summed E-state index contributed by atoms with van der Waals surface area (Å²) in [6.45, 7) is 5.15. The Labute approximate surface area is 63.0 Å². The van der Waals surface area contributed by atoms with E-state index in [2.05, 4.69) is 13.8 Å². The van der Waals surface area contributed by atoms with E-state index in [1.165, 1.54) is 0 Å². The highest BCUT2D eigenvalue weighted by Crippen LogP contribution is 2.39. The molecule has 0 heterocycles. The Kier molecular flexibility index (Phi) is 2.02. The van der Waals surface area contributed by atoms with Crippen LogP contribution in [0.1, 0.15) is 26.7 Å². The van der Waals surface area contributed by atoms with Crippen molar-refractivity contribution in [3.8, 4) is 0 Å². The lowest BCUT2D eigenvalue weighted by Gasteiger charge is -2.46. The number of rotatable bonds is 2. The Morgan fingerprint density at radius 2 is 2.00 bits per heavy atom. The van der Waals surface area contributed by atoms with Crippen molar-refractivity contribution < 1.29 is 0 Å².